The highest BCUT2D eigenvalue weighted by Crippen LogP contribution is 2.06. The van der Waals surface area contributed by atoms with Gasteiger partial charge >= 0.3 is 0 Å². The van der Waals surface area contributed by atoms with Crippen molar-refractivity contribution in [2.75, 3.05) is 32.7 Å². The Morgan fingerprint density at radius 2 is 1.29 bits per heavy atom. The van der Waals surface area contributed by atoms with Crippen molar-refractivity contribution in [2.45, 2.75) is 19.3 Å². The lowest BCUT2D eigenvalue weighted by molar-refractivity contribution is -0.138. The highest BCUT2D eigenvalue weighted by Gasteiger charge is 2.23. The van der Waals surface area contributed by atoms with E-state index in [0.29, 0.717) is 12.8 Å². The minimum atomic E-state index is -0.405. The zero-order valence-corrected chi connectivity index (χ0v) is 15.3. The Morgan fingerprint density at radius 1 is 0.750 bits per heavy atom. The summed E-state index contributed by atoms with van der Waals surface area (Å²) in [5.74, 6) is -1.91. The summed E-state index contributed by atoms with van der Waals surface area (Å²) in [6, 6.07) is 0. The Hall–Kier alpha value is -3.14. The van der Waals surface area contributed by atoms with Gasteiger partial charge in [-0.25, -0.2) is 0 Å². The van der Waals surface area contributed by atoms with Crippen LogP contribution in [0.4, 0.5) is 0 Å². The van der Waals surface area contributed by atoms with Crippen LogP contribution in [0.3, 0.4) is 0 Å². The number of hydrogen-bond acceptors (Lipinski definition) is 7. The van der Waals surface area contributed by atoms with Gasteiger partial charge in [0.2, 0.25) is 5.91 Å². The van der Waals surface area contributed by atoms with Gasteiger partial charge in [0.1, 0.15) is 5.78 Å². The van der Waals surface area contributed by atoms with Gasteiger partial charge in [-0.3, -0.25) is 38.6 Å². The lowest BCUT2D eigenvalue weighted by atomic mass is 10.1. The summed E-state index contributed by atoms with van der Waals surface area (Å²) >= 11 is 0. The molecule has 0 atom stereocenters. The first-order valence-electron chi connectivity index (χ1n) is 8.94. The van der Waals surface area contributed by atoms with E-state index in [1.54, 1.807) is 0 Å². The number of ketones is 1. The van der Waals surface area contributed by atoms with E-state index in [9.17, 15) is 28.8 Å². The van der Waals surface area contributed by atoms with E-state index in [-0.39, 0.29) is 62.6 Å². The van der Waals surface area contributed by atoms with Crippen molar-refractivity contribution in [1.29, 1.82) is 0 Å². The minimum Gasteiger partial charge on any atom is -0.353 e. The average Bonchev–Trinajstić information content (AvgIpc) is 3.14. The van der Waals surface area contributed by atoms with Gasteiger partial charge in [0.25, 0.3) is 23.6 Å². The van der Waals surface area contributed by atoms with Gasteiger partial charge in [-0.15, -0.1) is 0 Å². The Kier molecular flexibility index (Phi) is 7.76. The van der Waals surface area contributed by atoms with Crippen molar-refractivity contribution in [3.63, 3.8) is 0 Å². The largest absolute Gasteiger partial charge is 0.353 e. The van der Waals surface area contributed by atoms with Gasteiger partial charge in [0, 0.05) is 50.4 Å². The molecule has 0 radical (unpaired) electrons. The maximum atomic E-state index is 11.8. The molecule has 28 heavy (non-hydrogen) atoms. The summed E-state index contributed by atoms with van der Waals surface area (Å²) in [6.45, 7) is 0.479. The number of nitrogens with zero attached hydrogens (tertiary/aromatic N) is 2. The fraction of sp³-hybridized carbons (Fsp3) is 0.444. The van der Waals surface area contributed by atoms with Gasteiger partial charge in [-0.2, -0.15) is 0 Å². The Balaban J connectivity index is 1.48. The first kappa shape index (κ1) is 21.2. The molecular weight excluding hydrogens is 368 g/mol. The maximum Gasteiger partial charge on any atom is 0.253 e. The van der Waals surface area contributed by atoms with Gasteiger partial charge < -0.3 is 10.6 Å². The summed E-state index contributed by atoms with van der Waals surface area (Å²) < 4.78 is 0. The summed E-state index contributed by atoms with van der Waals surface area (Å²) in [6.07, 6.45) is 6.15. The molecule has 0 saturated carbocycles. The molecule has 0 saturated heterocycles. The lowest BCUT2D eigenvalue weighted by Gasteiger charge is -2.14. The molecule has 2 aliphatic rings. The van der Waals surface area contributed by atoms with Crippen LogP contribution in [0, 0.1) is 0 Å². The molecule has 10 heteroatoms. The van der Waals surface area contributed by atoms with Crippen molar-refractivity contribution in [3.05, 3.63) is 24.3 Å². The Labute approximate surface area is 161 Å². The third-order valence-electron chi connectivity index (χ3n) is 4.15. The smallest absolute Gasteiger partial charge is 0.253 e. The van der Waals surface area contributed by atoms with E-state index in [1.807, 2.05) is 0 Å². The first-order chi connectivity index (χ1) is 13.4. The molecule has 0 spiro atoms. The Bertz CT molecular complexity index is 706. The topological polar surface area (TPSA) is 133 Å². The maximum absolute atomic E-state index is 11.8. The summed E-state index contributed by atoms with van der Waals surface area (Å²) in [7, 11) is 0. The number of nitrogens with one attached hydrogen (secondary N) is 2. The zero-order chi connectivity index (χ0) is 20.5. The molecule has 2 heterocycles. The van der Waals surface area contributed by atoms with Crippen LogP contribution in [0.1, 0.15) is 19.3 Å². The number of imide groups is 2. The second-order valence-corrected chi connectivity index (χ2v) is 6.27. The molecule has 5 amide bonds. The van der Waals surface area contributed by atoms with Gasteiger partial charge in [-0.1, -0.05) is 0 Å². The molecule has 0 fully saturated rings. The fourth-order valence-electron chi connectivity index (χ4n) is 2.67. The van der Waals surface area contributed by atoms with Crippen LogP contribution in [-0.4, -0.2) is 77.8 Å². The second-order valence-electron chi connectivity index (χ2n) is 6.27. The van der Waals surface area contributed by atoms with Crippen molar-refractivity contribution in [2.24, 2.45) is 0 Å². The molecule has 150 valence electrons. The van der Waals surface area contributed by atoms with Crippen LogP contribution in [0.2, 0.25) is 0 Å². The third-order valence-corrected chi connectivity index (χ3v) is 4.15. The van der Waals surface area contributed by atoms with E-state index in [4.69, 9.17) is 0 Å². The molecule has 10 nitrogen and oxygen atoms in total. The number of unbranched alkanes of at least 4 members (excludes halogenated alkanes) is 1. The van der Waals surface area contributed by atoms with E-state index >= 15 is 0 Å². The molecular formula is C18H22N4O6. The van der Waals surface area contributed by atoms with Gasteiger partial charge in [0.05, 0.1) is 13.1 Å². The SMILES string of the molecule is O=C(CCCCN1C(=O)C=CC1=O)CNCC(=O)NCCN1C(=O)C=CC1=O. The molecule has 0 aromatic carbocycles. The standard InChI is InChI=1S/C18H22N4O6/c23-13(3-1-2-9-21-15(25)4-5-16(21)26)11-19-12-14(24)20-8-10-22-17(27)6-7-18(22)28/h4-7,19H,1-3,8-12H2,(H,20,24). The molecule has 2 N–H and O–H groups in total. The number of carbonyl (C=O) groups is 6. The number of hydrogen-bond donors (Lipinski definition) is 2. The van der Waals surface area contributed by atoms with Crippen LogP contribution in [0.25, 0.3) is 0 Å². The average molecular weight is 390 g/mol. The highest BCUT2D eigenvalue weighted by molar-refractivity contribution is 6.13. The molecule has 0 aliphatic carbocycles. The van der Waals surface area contributed by atoms with Crippen LogP contribution in [-0.2, 0) is 28.8 Å². The van der Waals surface area contributed by atoms with Crippen LogP contribution < -0.4 is 10.6 Å². The summed E-state index contributed by atoms with van der Waals surface area (Å²) in [5.41, 5.74) is 0. The fourth-order valence-corrected chi connectivity index (χ4v) is 2.67. The van der Waals surface area contributed by atoms with Crippen molar-refractivity contribution >= 4 is 35.3 Å². The normalized spacial score (nSPS) is 15.9. The number of rotatable bonds is 12. The third kappa shape index (κ3) is 6.23. The number of carbonyl (C=O) groups excluding carboxylic acids is 6. The van der Waals surface area contributed by atoms with Crippen molar-refractivity contribution < 1.29 is 28.8 Å². The molecule has 0 aromatic rings. The Morgan fingerprint density at radius 3 is 1.86 bits per heavy atom. The van der Waals surface area contributed by atoms with Crippen LogP contribution >= 0.6 is 0 Å². The predicted molar refractivity (Wildman–Crippen MR) is 96.5 cm³/mol. The highest BCUT2D eigenvalue weighted by atomic mass is 16.2. The van der Waals surface area contributed by atoms with Crippen LogP contribution in [0.5, 0.6) is 0 Å². The summed E-state index contributed by atoms with van der Waals surface area (Å²) in [5, 5.41) is 5.28. The zero-order valence-electron chi connectivity index (χ0n) is 15.3. The molecule has 0 bridgehead atoms. The van der Waals surface area contributed by atoms with E-state index in [1.165, 1.54) is 24.3 Å². The predicted octanol–water partition coefficient (Wildman–Crippen LogP) is -1.72. The van der Waals surface area contributed by atoms with E-state index in [2.05, 4.69) is 10.6 Å². The van der Waals surface area contributed by atoms with Crippen molar-refractivity contribution in [3.8, 4) is 0 Å². The van der Waals surface area contributed by atoms with Crippen LogP contribution in [0.15, 0.2) is 24.3 Å². The lowest BCUT2D eigenvalue weighted by Crippen LogP contribution is -2.41. The minimum absolute atomic E-state index is 0.0313. The first-order valence-corrected chi connectivity index (χ1v) is 8.94. The number of amides is 5. The molecule has 0 aromatic heterocycles. The monoisotopic (exact) mass is 390 g/mol. The molecule has 0 unspecified atom stereocenters. The number of Topliss-reactive ketones (excluding diaryl/α,β-unsaturated/α-hetero) is 1. The van der Waals surface area contributed by atoms with Crippen molar-refractivity contribution in [1.82, 2.24) is 20.4 Å². The molecule has 2 aliphatic heterocycles. The summed E-state index contributed by atoms with van der Waals surface area (Å²) in [4.78, 5) is 71.0. The van der Waals surface area contributed by atoms with E-state index < -0.39 is 11.8 Å². The second kappa shape index (κ2) is 10.3. The van der Waals surface area contributed by atoms with E-state index in [0.717, 1.165) is 9.80 Å². The molecule has 2 rings (SSSR count). The quantitative estimate of drug-likeness (QED) is 0.299. The van der Waals surface area contributed by atoms with Gasteiger partial charge in [0.15, 0.2) is 0 Å². The van der Waals surface area contributed by atoms with Gasteiger partial charge in [-0.05, 0) is 12.8 Å².